The fraction of sp³-hybridized carbons (Fsp3) is 0.250. The molecule has 0 aromatic carbocycles. The molecule has 0 amide bonds. The first-order valence-electron chi connectivity index (χ1n) is 5.31. The van der Waals surface area contributed by atoms with Gasteiger partial charge in [0.05, 0.1) is 6.54 Å². The van der Waals surface area contributed by atoms with Gasteiger partial charge in [0, 0.05) is 20.4 Å². The normalized spacial score (nSPS) is 10.5. The molecule has 2 nitrogen and oxygen atoms in total. The van der Waals surface area contributed by atoms with Gasteiger partial charge in [0.25, 0.3) is 0 Å². The van der Waals surface area contributed by atoms with E-state index >= 15 is 0 Å². The highest BCUT2D eigenvalue weighted by atomic mass is 79.9. The zero-order valence-corrected chi connectivity index (χ0v) is 11.7. The molecular formula is C12H12BrFN2S. The first kappa shape index (κ1) is 12.5. The Morgan fingerprint density at radius 3 is 2.82 bits per heavy atom. The molecule has 17 heavy (non-hydrogen) atoms. The van der Waals surface area contributed by atoms with Gasteiger partial charge in [-0.3, -0.25) is 0 Å². The number of halogens is 2. The summed E-state index contributed by atoms with van der Waals surface area (Å²) in [6, 6.07) is 5.57. The molecule has 1 N–H and O–H groups in total. The summed E-state index contributed by atoms with van der Waals surface area (Å²) in [5.74, 6) is -0.0497. The number of pyridine rings is 1. The number of aryl methyl sites for hydroxylation is 1. The zero-order chi connectivity index (χ0) is 12.3. The Morgan fingerprint density at radius 1 is 1.41 bits per heavy atom. The third-order valence-corrected chi connectivity index (χ3v) is 3.97. The van der Waals surface area contributed by atoms with E-state index in [1.807, 2.05) is 0 Å². The topological polar surface area (TPSA) is 24.9 Å². The predicted molar refractivity (Wildman–Crippen MR) is 72.9 cm³/mol. The van der Waals surface area contributed by atoms with Gasteiger partial charge in [-0.2, -0.15) is 0 Å². The van der Waals surface area contributed by atoms with Crippen molar-refractivity contribution in [3.8, 4) is 0 Å². The third-order valence-electron chi connectivity index (χ3n) is 2.30. The molecule has 5 heteroatoms. The number of hydrogen-bond acceptors (Lipinski definition) is 3. The Balaban J connectivity index is 2.02. The molecule has 0 radical (unpaired) electrons. The second-order valence-corrected chi connectivity index (χ2v) is 5.73. The van der Waals surface area contributed by atoms with Gasteiger partial charge in [-0.1, -0.05) is 6.92 Å². The smallest absolute Gasteiger partial charge is 0.166 e. The number of aromatic nitrogens is 1. The van der Waals surface area contributed by atoms with Gasteiger partial charge in [0.1, 0.15) is 0 Å². The molecule has 0 aliphatic heterocycles. The van der Waals surface area contributed by atoms with Crippen LogP contribution in [-0.4, -0.2) is 4.98 Å². The summed E-state index contributed by atoms with van der Waals surface area (Å²) in [6.45, 7) is 2.73. The van der Waals surface area contributed by atoms with Crippen LogP contribution in [0, 0.1) is 5.82 Å². The zero-order valence-electron chi connectivity index (χ0n) is 9.34. The van der Waals surface area contributed by atoms with E-state index in [1.165, 1.54) is 15.8 Å². The molecule has 0 saturated carbocycles. The van der Waals surface area contributed by atoms with Crippen LogP contribution in [0.5, 0.6) is 0 Å². The minimum Gasteiger partial charge on any atom is -0.363 e. The Kier molecular flexibility index (Phi) is 4.12. The Bertz CT molecular complexity index is 513. The monoisotopic (exact) mass is 314 g/mol. The Morgan fingerprint density at radius 2 is 2.18 bits per heavy atom. The largest absolute Gasteiger partial charge is 0.363 e. The summed E-state index contributed by atoms with van der Waals surface area (Å²) >= 11 is 4.92. The summed E-state index contributed by atoms with van der Waals surface area (Å²) in [4.78, 5) is 6.52. The van der Waals surface area contributed by atoms with Crippen molar-refractivity contribution in [2.75, 3.05) is 5.32 Å². The van der Waals surface area contributed by atoms with Gasteiger partial charge < -0.3 is 5.32 Å². The average molecular weight is 315 g/mol. The van der Waals surface area contributed by atoms with E-state index in [0.717, 1.165) is 6.42 Å². The SMILES string of the molecule is CCc1ccc(CNc2ncc(Br)cc2F)s1. The van der Waals surface area contributed by atoms with Crippen LogP contribution in [0.3, 0.4) is 0 Å². The first-order chi connectivity index (χ1) is 8.19. The van der Waals surface area contributed by atoms with E-state index < -0.39 is 0 Å². The number of thiophene rings is 1. The number of rotatable bonds is 4. The predicted octanol–water partition coefficient (Wildman–Crippen LogP) is 4.22. The molecule has 0 aliphatic carbocycles. The maximum Gasteiger partial charge on any atom is 0.166 e. The standard InChI is InChI=1S/C12H12BrFN2S/c1-2-9-3-4-10(17-9)7-16-12-11(14)5-8(13)6-15-12/h3-6H,2,7H2,1H3,(H,15,16). The van der Waals surface area contributed by atoms with Gasteiger partial charge in [-0.05, 0) is 40.5 Å². The van der Waals surface area contributed by atoms with Crippen LogP contribution in [0.15, 0.2) is 28.9 Å². The summed E-state index contributed by atoms with van der Waals surface area (Å²) < 4.78 is 14.1. The Labute approximate surface area is 112 Å². The minimum absolute atomic E-state index is 0.291. The molecule has 0 fully saturated rings. The van der Waals surface area contributed by atoms with Gasteiger partial charge in [-0.15, -0.1) is 11.3 Å². The van der Waals surface area contributed by atoms with Crippen molar-refractivity contribution in [3.05, 3.63) is 44.4 Å². The second-order valence-electron chi connectivity index (χ2n) is 3.56. The Hall–Kier alpha value is -0.940. The van der Waals surface area contributed by atoms with Crippen molar-refractivity contribution in [1.29, 1.82) is 0 Å². The van der Waals surface area contributed by atoms with Crippen LogP contribution in [0.4, 0.5) is 10.2 Å². The molecule has 0 aliphatic rings. The van der Waals surface area contributed by atoms with Crippen LogP contribution < -0.4 is 5.32 Å². The molecule has 0 atom stereocenters. The van der Waals surface area contributed by atoms with Crippen LogP contribution >= 0.6 is 27.3 Å². The molecule has 90 valence electrons. The van der Waals surface area contributed by atoms with Crippen LogP contribution in [-0.2, 0) is 13.0 Å². The lowest BCUT2D eigenvalue weighted by Gasteiger charge is -2.05. The molecule has 2 aromatic rings. The highest BCUT2D eigenvalue weighted by molar-refractivity contribution is 9.10. The van der Waals surface area contributed by atoms with Gasteiger partial charge in [0.2, 0.25) is 0 Å². The quantitative estimate of drug-likeness (QED) is 0.914. The molecule has 0 bridgehead atoms. The lowest BCUT2D eigenvalue weighted by atomic mass is 10.3. The molecule has 0 saturated heterocycles. The average Bonchev–Trinajstić information content (AvgIpc) is 2.76. The number of anilines is 1. The second kappa shape index (κ2) is 5.60. The summed E-state index contributed by atoms with van der Waals surface area (Å²) in [7, 11) is 0. The molecule has 2 rings (SSSR count). The van der Waals surface area contributed by atoms with E-state index in [0.29, 0.717) is 16.8 Å². The van der Waals surface area contributed by atoms with E-state index in [2.05, 4.69) is 45.3 Å². The summed E-state index contributed by atoms with van der Waals surface area (Å²) in [6.07, 6.45) is 2.62. The molecule has 0 spiro atoms. The van der Waals surface area contributed by atoms with Gasteiger partial charge in [0.15, 0.2) is 11.6 Å². The van der Waals surface area contributed by atoms with Gasteiger partial charge >= 0.3 is 0 Å². The van der Waals surface area contributed by atoms with Crippen LogP contribution in [0.1, 0.15) is 16.7 Å². The molecule has 0 unspecified atom stereocenters. The highest BCUT2D eigenvalue weighted by Crippen LogP contribution is 2.20. The van der Waals surface area contributed by atoms with Crippen molar-refractivity contribution in [3.63, 3.8) is 0 Å². The molecular weight excluding hydrogens is 303 g/mol. The van der Waals surface area contributed by atoms with E-state index in [-0.39, 0.29) is 5.82 Å². The first-order valence-corrected chi connectivity index (χ1v) is 6.92. The van der Waals surface area contributed by atoms with Crippen molar-refractivity contribution >= 4 is 33.1 Å². The summed E-state index contributed by atoms with van der Waals surface area (Å²) in [5.41, 5.74) is 0. The van der Waals surface area contributed by atoms with Crippen molar-refractivity contribution in [2.24, 2.45) is 0 Å². The van der Waals surface area contributed by atoms with Crippen molar-refractivity contribution in [2.45, 2.75) is 19.9 Å². The highest BCUT2D eigenvalue weighted by Gasteiger charge is 2.05. The van der Waals surface area contributed by atoms with E-state index in [4.69, 9.17) is 0 Å². The fourth-order valence-electron chi connectivity index (χ4n) is 1.42. The van der Waals surface area contributed by atoms with Crippen LogP contribution in [0.2, 0.25) is 0 Å². The van der Waals surface area contributed by atoms with Crippen molar-refractivity contribution in [1.82, 2.24) is 4.98 Å². The maximum atomic E-state index is 13.5. The van der Waals surface area contributed by atoms with Gasteiger partial charge in [-0.25, -0.2) is 9.37 Å². The summed E-state index contributed by atoms with van der Waals surface area (Å²) in [5, 5.41) is 3.00. The number of nitrogens with one attached hydrogen (secondary N) is 1. The van der Waals surface area contributed by atoms with Crippen LogP contribution in [0.25, 0.3) is 0 Å². The maximum absolute atomic E-state index is 13.5. The number of nitrogens with zero attached hydrogens (tertiary/aromatic N) is 1. The molecule has 2 heterocycles. The third kappa shape index (κ3) is 3.26. The van der Waals surface area contributed by atoms with E-state index in [9.17, 15) is 4.39 Å². The molecule has 2 aromatic heterocycles. The lowest BCUT2D eigenvalue weighted by Crippen LogP contribution is -2.02. The van der Waals surface area contributed by atoms with E-state index in [1.54, 1.807) is 17.5 Å². The van der Waals surface area contributed by atoms with Crippen molar-refractivity contribution < 1.29 is 4.39 Å². The lowest BCUT2D eigenvalue weighted by molar-refractivity contribution is 0.623. The fourth-order valence-corrected chi connectivity index (χ4v) is 2.62. The number of hydrogen-bond donors (Lipinski definition) is 1. The minimum atomic E-state index is -0.341.